The first-order chi connectivity index (χ1) is 10.5. The van der Waals surface area contributed by atoms with E-state index in [-0.39, 0.29) is 23.9 Å². The molecular weight excluding hydrogens is 419 g/mol. The van der Waals surface area contributed by atoms with Gasteiger partial charge in [-0.15, -0.1) is 0 Å². The Morgan fingerprint density at radius 2 is 1.82 bits per heavy atom. The van der Waals surface area contributed by atoms with Gasteiger partial charge in [0, 0.05) is 0 Å². The fourth-order valence-corrected chi connectivity index (χ4v) is 2.89. The zero-order valence-corrected chi connectivity index (χ0v) is 14.4. The summed E-state index contributed by atoms with van der Waals surface area (Å²) in [6, 6.07) is 9.03. The lowest BCUT2D eigenvalue weighted by Gasteiger charge is -2.03. The second-order valence-corrected chi connectivity index (χ2v) is 6.14. The Hall–Kier alpha value is -1.73. The molecule has 0 aliphatic rings. The number of carbonyl (C=O) groups is 1. The minimum atomic E-state index is -0.342. The van der Waals surface area contributed by atoms with E-state index in [0.29, 0.717) is 20.1 Å². The van der Waals surface area contributed by atoms with Crippen molar-refractivity contribution in [2.24, 2.45) is 5.10 Å². The molecule has 2 aromatic carbocycles. The number of benzene rings is 2. The molecule has 0 saturated heterocycles. The van der Waals surface area contributed by atoms with E-state index in [2.05, 4.69) is 42.4 Å². The van der Waals surface area contributed by atoms with Crippen LogP contribution in [0.5, 0.6) is 5.75 Å². The van der Waals surface area contributed by atoms with Crippen molar-refractivity contribution in [3.63, 3.8) is 0 Å². The smallest absolute Gasteiger partial charge is 0.244 e. The molecule has 0 aromatic heterocycles. The van der Waals surface area contributed by atoms with Gasteiger partial charge in [-0.1, -0.05) is 12.1 Å². The van der Waals surface area contributed by atoms with Crippen LogP contribution in [0.1, 0.15) is 11.1 Å². The number of amides is 1. The van der Waals surface area contributed by atoms with E-state index in [1.807, 2.05) is 0 Å². The molecule has 0 spiro atoms. The fourth-order valence-electron chi connectivity index (χ4n) is 1.67. The number of phenolic OH excluding ortho intramolecular Hbond substituents is 1. The van der Waals surface area contributed by atoms with Crippen molar-refractivity contribution in [3.8, 4) is 5.75 Å². The van der Waals surface area contributed by atoms with Crippen LogP contribution in [0.15, 0.2) is 50.4 Å². The number of halogens is 3. The maximum atomic E-state index is 12.8. The maximum absolute atomic E-state index is 12.8. The lowest BCUT2D eigenvalue weighted by molar-refractivity contribution is -0.120. The molecule has 2 rings (SSSR count). The van der Waals surface area contributed by atoms with Crippen molar-refractivity contribution in [2.45, 2.75) is 6.42 Å². The number of rotatable bonds is 4. The van der Waals surface area contributed by atoms with E-state index in [4.69, 9.17) is 0 Å². The maximum Gasteiger partial charge on any atom is 0.244 e. The topological polar surface area (TPSA) is 61.7 Å². The van der Waals surface area contributed by atoms with E-state index >= 15 is 0 Å². The summed E-state index contributed by atoms with van der Waals surface area (Å²) in [7, 11) is 0. The highest BCUT2D eigenvalue weighted by molar-refractivity contribution is 9.11. The number of nitrogens with one attached hydrogen (secondary N) is 1. The number of phenols is 1. The first-order valence-electron chi connectivity index (χ1n) is 6.20. The number of aromatic hydroxyl groups is 1. The van der Waals surface area contributed by atoms with Crippen LogP contribution in [0.2, 0.25) is 0 Å². The van der Waals surface area contributed by atoms with Gasteiger partial charge in [0.05, 0.1) is 21.6 Å². The molecule has 0 radical (unpaired) electrons. The van der Waals surface area contributed by atoms with Crippen LogP contribution in [0.3, 0.4) is 0 Å². The quantitative estimate of drug-likeness (QED) is 0.574. The zero-order valence-electron chi connectivity index (χ0n) is 11.2. The first kappa shape index (κ1) is 16.6. The summed E-state index contributed by atoms with van der Waals surface area (Å²) < 4.78 is 13.8. The van der Waals surface area contributed by atoms with Crippen LogP contribution < -0.4 is 5.43 Å². The third-order valence-electron chi connectivity index (χ3n) is 2.72. The van der Waals surface area contributed by atoms with Crippen LogP contribution in [0.25, 0.3) is 0 Å². The molecule has 4 nitrogen and oxygen atoms in total. The number of carbonyl (C=O) groups excluding carboxylic acids is 1. The zero-order chi connectivity index (χ0) is 16.1. The van der Waals surface area contributed by atoms with E-state index in [0.717, 1.165) is 0 Å². The largest absolute Gasteiger partial charge is 0.506 e. The minimum absolute atomic E-state index is 0.0949. The Kier molecular flexibility index (Phi) is 5.68. The van der Waals surface area contributed by atoms with Crippen molar-refractivity contribution in [2.75, 3.05) is 0 Å². The summed E-state index contributed by atoms with van der Waals surface area (Å²) >= 11 is 6.42. The van der Waals surface area contributed by atoms with Crippen LogP contribution in [-0.4, -0.2) is 17.2 Å². The van der Waals surface area contributed by atoms with Crippen molar-refractivity contribution < 1.29 is 14.3 Å². The highest BCUT2D eigenvalue weighted by atomic mass is 79.9. The molecule has 0 fully saturated rings. The summed E-state index contributed by atoms with van der Waals surface area (Å²) in [6.45, 7) is 0. The second kappa shape index (κ2) is 7.51. The molecule has 0 aliphatic heterocycles. The molecule has 0 atom stereocenters. The molecular formula is C15H11Br2FN2O2. The summed E-state index contributed by atoms with van der Waals surface area (Å²) in [5.74, 6) is -0.553. The van der Waals surface area contributed by atoms with E-state index in [1.54, 1.807) is 24.3 Å². The van der Waals surface area contributed by atoms with Gasteiger partial charge in [-0.05, 0) is 67.3 Å². The SMILES string of the molecule is O=C(Cc1ccc(F)cc1)N/N=C/c1cc(Br)c(O)c(Br)c1. The predicted molar refractivity (Wildman–Crippen MR) is 89.3 cm³/mol. The molecule has 0 heterocycles. The van der Waals surface area contributed by atoms with Gasteiger partial charge in [-0.25, -0.2) is 9.82 Å². The van der Waals surface area contributed by atoms with Gasteiger partial charge in [-0.2, -0.15) is 5.10 Å². The van der Waals surface area contributed by atoms with Gasteiger partial charge in [0.1, 0.15) is 11.6 Å². The lowest BCUT2D eigenvalue weighted by atomic mass is 10.1. The van der Waals surface area contributed by atoms with E-state index < -0.39 is 0 Å². The summed E-state index contributed by atoms with van der Waals surface area (Å²) in [5, 5.41) is 13.4. The Labute approximate surface area is 143 Å². The average molecular weight is 430 g/mol. The number of nitrogens with zero attached hydrogens (tertiary/aromatic N) is 1. The highest BCUT2D eigenvalue weighted by Gasteiger charge is 2.05. The molecule has 114 valence electrons. The third kappa shape index (κ3) is 4.64. The third-order valence-corrected chi connectivity index (χ3v) is 3.93. The van der Waals surface area contributed by atoms with Crippen molar-refractivity contribution >= 4 is 44.0 Å². The van der Waals surface area contributed by atoms with Crippen molar-refractivity contribution in [1.29, 1.82) is 0 Å². The van der Waals surface area contributed by atoms with Gasteiger partial charge in [0.2, 0.25) is 5.91 Å². The Balaban J connectivity index is 1.94. The van der Waals surface area contributed by atoms with Crippen molar-refractivity contribution in [1.82, 2.24) is 5.43 Å². The summed E-state index contributed by atoms with van der Waals surface area (Å²) in [6.07, 6.45) is 1.57. The Bertz CT molecular complexity index is 695. The standard InChI is InChI=1S/C15H11Br2FN2O2/c16-12-5-10(6-13(17)15(12)22)8-19-20-14(21)7-9-1-3-11(18)4-2-9/h1-6,8,22H,7H2,(H,20,21)/b19-8+. The van der Waals surface area contributed by atoms with Crippen LogP contribution in [-0.2, 0) is 11.2 Å². The Morgan fingerprint density at radius 1 is 1.23 bits per heavy atom. The predicted octanol–water partition coefficient (Wildman–Crippen LogP) is 3.75. The average Bonchev–Trinajstić information content (AvgIpc) is 2.47. The molecule has 0 saturated carbocycles. The number of hydrogen-bond donors (Lipinski definition) is 2. The summed E-state index contributed by atoms with van der Waals surface area (Å²) in [5.41, 5.74) is 3.78. The van der Waals surface area contributed by atoms with E-state index in [9.17, 15) is 14.3 Å². The van der Waals surface area contributed by atoms with Gasteiger partial charge >= 0.3 is 0 Å². The monoisotopic (exact) mass is 428 g/mol. The van der Waals surface area contributed by atoms with E-state index in [1.165, 1.54) is 18.3 Å². The molecule has 22 heavy (non-hydrogen) atoms. The van der Waals surface area contributed by atoms with Gasteiger partial charge in [-0.3, -0.25) is 4.79 Å². The van der Waals surface area contributed by atoms with Crippen LogP contribution >= 0.6 is 31.9 Å². The highest BCUT2D eigenvalue weighted by Crippen LogP contribution is 2.32. The van der Waals surface area contributed by atoms with Gasteiger partial charge in [0.25, 0.3) is 0 Å². The molecule has 7 heteroatoms. The number of hydrazone groups is 1. The molecule has 1 amide bonds. The molecule has 2 N–H and O–H groups in total. The summed E-state index contributed by atoms with van der Waals surface area (Å²) in [4.78, 5) is 11.7. The second-order valence-electron chi connectivity index (χ2n) is 4.43. The lowest BCUT2D eigenvalue weighted by Crippen LogP contribution is -2.19. The molecule has 0 unspecified atom stereocenters. The number of hydrogen-bond acceptors (Lipinski definition) is 3. The fraction of sp³-hybridized carbons (Fsp3) is 0.0667. The minimum Gasteiger partial charge on any atom is -0.506 e. The van der Waals surface area contributed by atoms with Crippen LogP contribution in [0.4, 0.5) is 4.39 Å². The van der Waals surface area contributed by atoms with Gasteiger partial charge in [0.15, 0.2) is 0 Å². The van der Waals surface area contributed by atoms with Gasteiger partial charge < -0.3 is 5.11 Å². The molecule has 0 bridgehead atoms. The molecule has 0 aliphatic carbocycles. The van der Waals surface area contributed by atoms with Crippen LogP contribution in [0, 0.1) is 5.82 Å². The Morgan fingerprint density at radius 3 is 2.41 bits per heavy atom. The van der Waals surface area contributed by atoms with Crippen molar-refractivity contribution in [3.05, 3.63) is 62.3 Å². The normalized spacial score (nSPS) is 10.9. The molecule has 2 aromatic rings. The first-order valence-corrected chi connectivity index (χ1v) is 7.78.